The van der Waals surface area contributed by atoms with Crippen LogP contribution in [0.3, 0.4) is 0 Å². The maximum atomic E-state index is 2.16. The quantitative estimate of drug-likeness (QED) is 0.622. The molecule has 0 aliphatic rings. The topological polar surface area (TPSA) is 0 Å². The van der Waals surface area contributed by atoms with Gasteiger partial charge in [-0.05, 0) is 23.6 Å². The van der Waals surface area contributed by atoms with Gasteiger partial charge in [-0.3, -0.25) is 0 Å². The Labute approximate surface area is 112 Å². The van der Waals surface area contributed by atoms with Gasteiger partial charge in [-0.15, -0.1) is 0 Å². The monoisotopic (exact) mass is 240 g/mol. The van der Waals surface area contributed by atoms with E-state index in [0.717, 1.165) is 0 Å². The molecule has 18 heavy (non-hydrogen) atoms. The van der Waals surface area contributed by atoms with Crippen LogP contribution < -0.4 is 0 Å². The first-order chi connectivity index (χ1) is 8.42. The molecule has 0 heteroatoms. The highest BCUT2D eigenvalue weighted by atomic mass is 14.1. The molecule has 0 saturated heterocycles. The van der Waals surface area contributed by atoms with Crippen molar-refractivity contribution >= 4 is 5.57 Å². The summed E-state index contributed by atoms with van der Waals surface area (Å²) in [5.41, 5.74) is 3.83. The van der Waals surface area contributed by atoms with Crippen LogP contribution in [0.4, 0.5) is 0 Å². The predicted molar refractivity (Wildman–Crippen MR) is 83.7 cm³/mol. The van der Waals surface area contributed by atoms with Gasteiger partial charge < -0.3 is 0 Å². The van der Waals surface area contributed by atoms with Crippen molar-refractivity contribution in [1.29, 1.82) is 0 Å². The average Bonchev–Trinajstić information content (AvgIpc) is 2.44. The summed E-state index contributed by atoms with van der Waals surface area (Å²) < 4.78 is 0. The fourth-order valence-electron chi connectivity index (χ4n) is 1.74. The Balaban J connectivity index is 0.000000917. The van der Waals surface area contributed by atoms with Crippen molar-refractivity contribution in [3.05, 3.63) is 77.9 Å². The Hall–Kier alpha value is -1.82. The van der Waals surface area contributed by atoms with Crippen LogP contribution >= 0.6 is 0 Å². The standard InChI is InChI=1S/C15H14.C2H6.CH4/c1-2-15(13-9-5-3-6-10-13)14-11-7-4-8-12-14;1-2;/h2-12H,1H3;1-2H3;1H4. The summed E-state index contributed by atoms with van der Waals surface area (Å²) in [4.78, 5) is 0. The van der Waals surface area contributed by atoms with Gasteiger partial charge in [-0.25, -0.2) is 0 Å². The fourth-order valence-corrected chi connectivity index (χ4v) is 1.74. The van der Waals surface area contributed by atoms with Gasteiger partial charge in [-0.2, -0.15) is 0 Å². The molecule has 0 fully saturated rings. The maximum absolute atomic E-state index is 2.16. The molecule has 96 valence electrons. The molecular formula is C18H24. The molecule has 0 heterocycles. The lowest BCUT2D eigenvalue weighted by Gasteiger charge is -2.06. The highest BCUT2D eigenvalue weighted by molar-refractivity contribution is 5.79. The maximum Gasteiger partial charge on any atom is -0.0154 e. The van der Waals surface area contributed by atoms with Crippen LogP contribution in [0.15, 0.2) is 66.7 Å². The van der Waals surface area contributed by atoms with Gasteiger partial charge in [0, 0.05) is 0 Å². The SMILES string of the molecule is C.CC.CC=C(c1ccccc1)c1ccccc1. The van der Waals surface area contributed by atoms with Gasteiger partial charge >= 0.3 is 0 Å². The number of benzene rings is 2. The van der Waals surface area contributed by atoms with Gasteiger partial charge in [0.25, 0.3) is 0 Å². The van der Waals surface area contributed by atoms with Crippen molar-refractivity contribution in [2.45, 2.75) is 28.2 Å². The summed E-state index contributed by atoms with van der Waals surface area (Å²) in [6.07, 6.45) is 2.16. The van der Waals surface area contributed by atoms with E-state index < -0.39 is 0 Å². The Bertz CT molecular complexity index is 396. The van der Waals surface area contributed by atoms with Crippen LogP contribution in [0.5, 0.6) is 0 Å². The second-order valence-electron chi connectivity index (χ2n) is 3.43. The van der Waals surface area contributed by atoms with Crippen LogP contribution in [0, 0.1) is 0 Å². The van der Waals surface area contributed by atoms with E-state index in [2.05, 4.69) is 61.5 Å². The molecular weight excluding hydrogens is 216 g/mol. The third-order valence-electron chi connectivity index (χ3n) is 2.46. The Morgan fingerprint density at radius 3 is 1.33 bits per heavy atom. The summed E-state index contributed by atoms with van der Waals surface area (Å²) in [5, 5.41) is 0. The molecule has 2 rings (SSSR count). The van der Waals surface area contributed by atoms with Crippen LogP contribution in [-0.4, -0.2) is 0 Å². The molecule has 0 unspecified atom stereocenters. The van der Waals surface area contributed by atoms with Gasteiger partial charge in [0.15, 0.2) is 0 Å². The lowest BCUT2D eigenvalue weighted by atomic mass is 9.98. The normalized spacial score (nSPS) is 8.39. The molecule has 2 aromatic carbocycles. The second-order valence-corrected chi connectivity index (χ2v) is 3.43. The van der Waals surface area contributed by atoms with E-state index >= 15 is 0 Å². The lowest BCUT2D eigenvalue weighted by molar-refractivity contribution is 1.50. The van der Waals surface area contributed by atoms with Crippen molar-refractivity contribution < 1.29 is 0 Å². The molecule has 0 aromatic heterocycles. The van der Waals surface area contributed by atoms with E-state index in [9.17, 15) is 0 Å². The number of hydrogen-bond acceptors (Lipinski definition) is 0. The molecule has 0 aliphatic heterocycles. The molecule has 0 spiro atoms. The zero-order valence-electron chi connectivity index (χ0n) is 10.9. The highest BCUT2D eigenvalue weighted by Gasteiger charge is 2.01. The van der Waals surface area contributed by atoms with Crippen molar-refractivity contribution in [2.75, 3.05) is 0 Å². The summed E-state index contributed by atoms with van der Waals surface area (Å²) >= 11 is 0. The van der Waals surface area contributed by atoms with Crippen LogP contribution in [-0.2, 0) is 0 Å². The lowest BCUT2D eigenvalue weighted by Crippen LogP contribution is -1.86. The van der Waals surface area contributed by atoms with Crippen LogP contribution in [0.25, 0.3) is 5.57 Å². The van der Waals surface area contributed by atoms with Crippen molar-refractivity contribution in [3.8, 4) is 0 Å². The highest BCUT2D eigenvalue weighted by Crippen LogP contribution is 2.22. The third-order valence-corrected chi connectivity index (χ3v) is 2.46. The third kappa shape index (κ3) is 4.21. The largest absolute Gasteiger partial charge is 0.0792 e. The molecule has 0 radical (unpaired) electrons. The Kier molecular flexibility index (Phi) is 8.30. The van der Waals surface area contributed by atoms with Gasteiger partial charge in [-0.1, -0.05) is 88.0 Å². The molecule has 0 bridgehead atoms. The molecule has 0 atom stereocenters. The number of hydrogen-bond donors (Lipinski definition) is 0. The molecule has 0 nitrogen and oxygen atoms in total. The number of rotatable bonds is 2. The minimum absolute atomic E-state index is 0. The summed E-state index contributed by atoms with van der Waals surface area (Å²) in [6, 6.07) is 20.9. The van der Waals surface area contributed by atoms with Gasteiger partial charge in [0.1, 0.15) is 0 Å². The number of allylic oxidation sites excluding steroid dienone is 1. The first kappa shape index (κ1) is 16.2. The van der Waals surface area contributed by atoms with E-state index in [1.807, 2.05) is 26.0 Å². The van der Waals surface area contributed by atoms with E-state index in [-0.39, 0.29) is 7.43 Å². The molecule has 2 aromatic rings. The smallest absolute Gasteiger partial charge is 0.0154 e. The van der Waals surface area contributed by atoms with E-state index in [4.69, 9.17) is 0 Å². The van der Waals surface area contributed by atoms with Crippen molar-refractivity contribution in [1.82, 2.24) is 0 Å². The van der Waals surface area contributed by atoms with E-state index in [1.54, 1.807) is 0 Å². The van der Waals surface area contributed by atoms with Gasteiger partial charge in [0.2, 0.25) is 0 Å². The van der Waals surface area contributed by atoms with Crippen molar-refractivity contribution in [3.63, 3.8) is 0 Å². The summed E-state index contributed by atoms with van der Waals surface area (Å²) in [7, 11) is 0. The summed E-state index contributed by atoms with van der Waals surface area (Å²) in [6.45, 7) is 6.08. The fraction of sp³-hybridized carbons (Fsp3) is 0.222. The summed E-state index contributed by atoms with van der Waals surface area (Å²) in [5.74, 6) is 0. The second kappa shape index (κ2) is 9.23. The minimum Gasteiger partial charge on any atom is -0.0792 e. The first-order valence-corrected chi connectivity index (χ1v) is 6.19. The van der Waals surface area contributed by atoms with Crippen LogP contribution in [0.1, 0.15) is 39.3 Å². The predicted octanol–water partition coefficient (Wildman–Crippen LogP) is 5.80. The molecule has 0 amide bonds. The molecule has 0 aliphatic carbocycles. The zero-order valence-corrected chi connectivity index (χ0v) is 10.9. The van der Waals surface area contributed by atoms with Crippen molar-refractivity contribution in [2.24, 2.45) is 0 Å². The molecule has 0 N–H and O–H groups in total. The molecule has 0 saturated carbocycles. The zero-order chi connectivity index (χ0) is 12.5. The first-order valence-electron chi connectivity index (χ1n) is 6.19. The van der Waals surface area contributed by atoms with Crippen LogP contribution in [0.2, 0.25) is 0 Å². The van der Waals surface area contributed by atoms with Gasteiger partial charge in [0.05, 0.1) is 0 Å². The average molecular weight is 240 g/mol. The van der Waals surface area contributed by atoms with E-state index in [0.29, 0.717) is 0 Å². The Morgan fingerprint density at radius 1 is 0.722 bits per heavy atom. The minimum atomic E-state index is 0. The van der Waals surface area contributed by atoms with E-state index in [1.165, 1.54) is 16.7 Å². The Morgan fingerprint density at radius 2 is 1.06 bits per heavy atom.